The van der Waals surface area contributed by atoms with Crippen LogP contribution in [0, 0.1) is 5.92 Å². The molecule has 2 heteroatoms. The van der Waals surface area contributed by atoms with Gasteiger partial charge in [-0.15, -0.1) is 0 Å². The molecule has 1 aliphatic rings. The van der Waals surface area contributed by atoms with Gasteiger partial charge in [-0.3, -0.25) is 4.79 Å². The van der Waals surface area contributed by atoms with Crippen LogP contribution in [-0.2, 0) is 4.79 Å². The number of carbonyl (C=O) groups excluding carboxylic acids is 1. The molecule has 0 unspecified atom stereocenters. The van der Waals surface area contributed by atoms with Gasteiger partial charge in [0.1, 0.15) is 5.78 Å². The lowest BCUT2D eigenvalue weighted by atomic mass is 9.79. The third-order valence-corrected chi connectivity index (χ3v) is 4.40. The molecule has 1 aliphatic heterocycles. The van der Waals surface area contributed by atoms with Gasteiger partial charge in [0.15, 0.2) is 0 Å². The second-order valence-corrected chi connectivity index (χ2v) is 5.70. The van der Waals surface area contributed by atoms with Crippen LogP contribution >= 0.6 is 0 Å². The topological polar surface area (TPSA) is 29.1 Å². The van der Waals surface area contributed by atoms with Crippen molar-refractivity contribution >= 4 is 5.78 Å². The molecule has 0 saturated carbocycles. The van der Waals surface area contributed by atoms with Crippen molar-refractivity contribution in [1.29, 1.82) is 0 Å². The number of nitrogens with one attached hydrogen (secondary N) is 1. The van der Waals surface area contributed by atoms with E-state index in [-0.39, 0.29) is 18.0 Å². The van der Waals surface area contributed by atoms with E-state index in [0.717, 1.165) is 6.42 Å². The molecule has 0 radical (unpaired) electrons. The first-order valence-corrected chi connectivity index (χ1v) is 7.68. The van der Waals surface area contributed by atoms with Gasteiger partial charge in [-0.25, -0.2) is 0 Å². The van der Waals surface area contributed by atoms with Gasteiger partial charge in [-0.05, 0) is 17.5 Å². The predicted octanol–water partition coefficient (Wildman–Crippen LogP) is 4.06. The summed E-state index contributed by atoms with van der Waals surface area (Å²) in [6.07, 6.45) is 1.47. The molecule has 2 aromatic rings. The van der Waals surface area contributed by atoms with Crippen LogP contribution < -0.4 is 5.32 Å². The summed E-state index contributed by atoms with van der Waals surface area (Å²) in [5.74, 6) is 0.450. The maximum absolute atomic E-state index is 12.6. The van der Waals surface area contributed by atoms with Gasteiger partial charge >= 0.3 is 0 Å². The van der Waals surface area contributed by atoms with Gasteiger partial charge in [0, 0.05) is 24.4 Å². The van der Waals surface area contributed by atoms with Crippen molar-refractivity contribution in [1.82, 2.24) is 5.32 Å². The van der Waals surface area contributed by atoms with Crippen LogP contribution in [0.2, 0.25) is 0 Å². The maximum Gasteiger partial charge on any atom is 0.139 e. The van der Waals surface area contributed by atoms with Crippen LogP contribution in [0.3, 0.4) is 0 Å². The Morgan fingerprint density at radius 2 is 1.52 bits per heavy atom. The molecular formula is C19H21NO. The lowest BCUT2D eigenvalue weighted by Crippen LogP contribution is -2.42. The smallest absolute Gasteiger partial charge is 0.139 e. The zero-order valence-electron chi connectivity index (χ0n) is 12.3. The number of hydrogen-bond donors (Lipinski definition) is 1. The van der Waals surface area contributed by atoms with Crippen LogP contribution in [0.4, 0.5) is 0 Å². The molecule has 1 saturated heterocycles. The molecule has 21 heavy (non-hydrogen) atoms. The van der Waals surface area contributed by atoms with E-state index >= 15 is 0 Å². The van der Waals surface area contributed by atoms with E-state index < -0.39 is 0 Å². The summed E-state index contributed by atoms with van der Waals surface area (Å²) in [6.45, 7) is 2.10. The lowest BCUT2D eigenvalue weighted by molar-refractivity contribution is -0.126. The van der Waals surface area contributed by atoms with Crippen LogP contribution in [0.15, 0.2) is 60.7 Å². The molecule has 1 N–H and O–H groups in total. The highest BCUT2D eigenvalue weighted by Crippen LogP contribution is 2.36. The van der Waals surface area contributed by atoms with Crippen molar-refractivity contribution in [2.45, 2.75) is 31.8 Å². The molecule has 0 bridgehead atoms. The summed E-state index contributed by atoms with van der Waals surface area (Å²) < 4.78 is 0. The molecule has 0 aliphatic carbocycles. The summed E-state index contributed by atoms with van der Waals surface area (Å²) in [5, 5.41) is 3.70. The van der Waals surface area contributed by atoms with Gasteiger partial charge in [0.25, 0.3) is 0 Å². The second-order valence-electron chi connectivity index (χ2n) is 5.70. The molecule has 0 amide bonds. The second kappa shape index (κ2) is 6.23. The normalized spacial score (nSPS) is 25.8. The first-order valence-electron chi connectivity index (χ1n) is 7.68. The van der Waals surface area contributed by atoms with Crippen molar-refractivity contribution in [3.63, 3.8) is 0 Å². The van der Waals surface area contributed by atoms with Crippen molar-refractivity contribution < 1.29 is 4.79 Å². The first kappa shape index (κ1) is 14.0. The van der Waals surface area contributed by atoms with E-state index in [1.807, 2.05) is 36.4 Å². The fourth-order valence-electron chi connectivity index (χ4n) is 3.28. The Morgan fingerprint density at radius 1 is 0.952 bits per heavy atom. The summed E-state index contributed by atoms with van der Waals surface area (Å²) in [4.78, 5) is 12.6. The molecule has 0 aromatic heterocycles. The Hall–Kier alpha value is -1.93. The van der Waals surface area contributed by atoms with Crippen molar-refractivity contribution in [2.75, 3.05) is 0 Å². The number of benzene rings is 2. The molecule has 1 fully saturated rings. The number of ketones is 1. The largest absolute Gasteiger partial charge is 0.302 e. The van der Waals surface area contributed by atoms with Crippen molar-refractivity contribution in [2.24, 2.45) is 5.92 Å². The minimum absolute atomic E-state index is 0.0763. The van der Waals surface area contributed by atoms with Gasteiger partial charge in [-0.2, -0.15) is 0 Å². The Bertz CT molecular complexity index is 593. The number of Topliss-reactive ketones (excluding diaryl/α,β-unsaturated/α-hetero) is 1. The van der Waals surface area contributed by atoms with E-state index in [4.69, 9.17) is 0 Å². The predicted molar refractivity (Wildman–Crippen MR) is 84.9 cm³/mol. The van der Waals surface area contributed by atoms with E-state index in [1.54, 1.807) is 0 Å². The van der Waals surface area contributed by atoms with Gasteiger partial charge in [-0.1, -0.05) is 67.6 Å². The molecule has 2 nitrogen and oxygen atoms in total. The number of piperidine rings is 1. The fraction of sp³-hybridized carbons (Fsp3) is 0.316. The van der Waals surface area contributed by atoms with Gasteiger partial charge < -0.3 is 5.32 Å². The zero-order valence-corrected chi connectivity index (χ0v) is 12.3. The zero-order chi connectivity index (χ0) is 14.7. The summed E-state index contributed by atoms with van der Waals surface area (Å²) in [5.41, 5.74) is 2.40. The average Bonchev–Trinajstić information content (AvgIpc) is 2.55. The molecule has 108 valence electrons. The Balaban J connectivity index is 1.91. The van der Waals surface area contributed by atoms with E-state index in [2.05, 4.69) is 36.5 Å². The van der Waals surface area contributed by atoms with E-state index in [9.17, 15) is 4.79 Å². The van der Waals surface area contributed by atoms with E-state index in [0.29, 0.717) is 12.2 Å². The highest BCUT2D eigenvalue weighted by Gasteiger charge is 2.36. The molecule has 3 atom stereocenters. The van der Waals surface area contributed by atoms with Crippen LogP contribution in [0.25, 0.3) is 0 Å². The molecule has 3 rings (SSSR count). The van der Waals surface area contributed by atoms with E-state index in [1.165, 1.54) is 11.1 Å². The highest BCUT2D eigenvalue weighted by molar-refractivity contribution is 5.83. The van der Waals surface area contributed by atoms with Crippen LogP contribution in [-0.4, -0.2) is 5.78 Å². The van der Waals surface area contributed by atoms with Crippen molar-refractivity contribution in [3.8, 4) is 0 Å². The van der Waals surface area contributed by atoms with Gasteiger partial charge in [0.05, 0.1) is 0 Å². The minimum atomic E-state index is 0.0763. The van der Waals surface area contributed by atoms with Gasteiger partial charge in [0.2, 0.25) is 0 Å². The molecule has 2 aromatic carbocycles. The number of hydrogen-bond acceptors (Lipinski definition) is 2. The maximum atomic E-state index is 12.6. The third kappa shape index (κ3) is 2.91. The summed E-state index contributed by atoms with van der Waals surface area (Å²) in [6, 6.07) is 20.8. The summed E-state index contributed by atoms with van der Waals surface area (Å²) >= 11 is 0. The lowest BCUT2D eigenvalue weighted by Gasteiger charge is -2.36. The molecular weight excluding hydrogens is 258 g/mol. The average molecular weight is 279 g/mol. The molecule has 0 spiro atoms. The standard InChI is InChI=1S/C19H21NO/c1-2-16-18(21)13-17(14-9-5-3-6-10-14)20-19(16)15-11-7-4-8-12-15/h3-12,16-17,19-20H,2,13H2,1H3/t16-,17-,19+/m1/s1. The minimum Gasteiger partial charge on any atom is -0.302 e. The summed E-state index contributed by atoms with van der Waals surface area (Å²) in [7, 11) is 0. The third-order valence-electron chi connectivity index (χ3n) is 4.40. The quantitative estimate of drug-likeness (QED) is 0.918. The van der Waals surface area contributed by atoms with Crippen LogP contribution in [0.5, 0.6) is 0 Å². The highest BCUT2D eigenvalue weighted by atomic mass is 16.1. The Labute approximate surface area is 126 Å². The van der Waals surface area contributed by atoms with Crippen molar-refractivity contribution in [3.05, 3.63) is 71.8 Å². The SMILES string of the molecule is CC[C@@H]1C(=O)C[C@H](c2ccccc2)N[C@H]1c1ccccc1. The fourth-order valence-corrected chi connectivity index (χ4v) is 3.28. The Kier molecular flexibility index (Phi) is 4.16. The number of carbonyl (C=O) groups is 1. The first-order chi connectivity index (χ1) is 10.3. The Morgan fingerprint density at radius 3 is 2.10 bits per heavy atom. The molecule has 1 heterocycles. The van der Waals surface area contributed by atoms with Crippen LogP contribution in [0.1, 0.15) is 43.0 Å². The monoisotopic (exact) mass is 279 g/mol. The number of rotatable bonds is 3.